The molecule has 8 heteroatoms. The van der Waals surface area contributed by atoms with E-state index in [4.69, 9.17) is 9.52 Å². The number of hydrogen-bond acceptors (Lipinski definition) is 5. The Bertz CT molecular complexity index is 541. The molecule has 0 aromatic carbocycles. The quantitative estimate of drug-likeness (QED) is 0.685. The summed E-state index contributed by atoms with van der Waals surface area (Å²) in [6, 6.07) is 0.996. The standard InChI is InChI=1S/C13H16N2O6/c1-7(14-11(17)10-3-2-4-21-10)12(18)15-6-8(16)5-9(15)13(19)20/h2-4,7-9,16H,5-6H2,1H3,(H,14,17)(H,19,20). The zero-order valence-electron chi connectivity index (χ0n) is 11.4. The van der Waals surface area contributed by atoms with E-state index in [2.05, 4.69) is 5.32 Å². The lowest BCUT2D eigenvalue weighted by Crippen LogP contribution is -2.50. The summed E-state index contributed by atoms with van der Waals surface area (Å²) in [4.78, 5) is 36.1. The molecule has 1 fully saturated rings. The van der Waals surface area contributed by atoms with E-state index in [0.717, 1.165) is 4.90 Å². The lowest BCUT2D eigenvalue weighted by Gasteiger charge is -2.24. The number of amides is 2. The first-order valence-electron chi connectivity index (χ1n) is 6.46. The van der Waals surface area contributed by atoms with Crippen LogP contribution in [0, 0.1) is 0 Å². The van der Waals surface area contributed by atoms with Gasteiger partial charge in [-0.1, -0.05) is 0 Å². The van der Waals surface area contributed by atoms with Crippen LogP contribution in [0.3, 0.4) is 0 Å². The lowest BCUT2D eigenvalue weighted by atomic mass is 10.2. The largest absolute Gasteiger partial charge is 0.480 e. The molecule has 1 aliphatic rings. The van der Waals surface area contributed by atoms with E-state index in [1.807, 2.05) is 0 Å². The molecular weight excluding hydrogens is 280 g/mol. The van der Waals surface area contributed by atoms with Crippen molar-refractivity contribution in [2.45, 2.75) is 31.5 Å². The van der Waals surface area contributed by atoms with Crippen molar-refractivity contribution in [3.05, 3.63) is 24.2 Å². The third-order valence-corrected chi connectivity index (χ3v) is 3.31. The van der Waals surface area contributed by atoms with Crippen molar-refractivity contribution in [1.29, 1.82) is 0 Å². The highest BCUT2D eigenvalue weighted by atomic mass is 16.4. The Morgan fingerprint density at radius 3 is 2.76 bits per heavy atom. The predicted octanol–water partition coefficient (Wildman–Crippen LogP) is -0.556. The highest BCUT2D eigenvalue weighted by Crippen LogP contribution is 2.19. The summed E-state index contributed by atoms with van der Waals surface area (Å²) >= 11 is 0. The number of likely N-dealkylation sites (tertiary alicyclic amines) is 1. The van der Waals surface area contributed by atoms with Gasteiger partial charge in [0.15, 0.2) is 5.76 Å². The fraction of sp³-hybridized carbons (Fsp3) is 0.462. The molecular formula is C13H16N2O6. The second-order valence-electron chi connectivity index (χ2n) is 4.91. The number of hydrogen-bond donors (Lipinski definition) is 3. The maximum atomic E-state index is 12.2. The lowest BCUT2D eigenvalue weighted by molar-refractivity contribution is -0.148. The van der Waals surface area contributed by atoms with Crippen LogP contribution < -0.4 is 5.32 Å². The molecule has 0 radical (unpaired) electrons. The van der Waals surface area contributed by atoms with Gasteiger partial charge < -0.3 is 24.8 Å². The van der Waals surface area contributed by atoms with Crippen molar-refractivity contribution in [1.82, 2.24) is 10.2 Å². The molecule has 2 rings (SSSR count). The average molecular weight is 296 g/mol. The molecule has 3 unspecified atom stereocenters. The van der Waals surface area contributed by atoms with E-state index in [9.17, 15) is 19.5 Å². The van der Waals surface area contributed by atoms with Gasteiger partial charge in [-0.05, 0) is 19.1 Å². The number of carboxylic acid groups (broad SMARTS) is 1. The number of carboxylic acids is 1. The van der Waals surface area contributed by atoms with E-state index in [-0.39, 0.29) is 18.7 Å². The highest BCUT2D eigenvalue weighted by Gasteiger charge is 2.40. The molecule has 2 amide bonds. The number of aliphatic hydroxyl groups excluding tert-OH is 1. The summed E-state index contributed by atoms with van der Waals surface area (Å²) in [5.74, 6) is -2.23. The minimum atomic E-state index is -1.18. The SMILES string of the molecule is CC(NC(=O)c1ccco1)C(=O)N1CC(O)CC1C(=O)O. The average Bonchev–Trinajstić information content (AvgIpc) is 3.06. The van der Waals surface area contributed by atoms with E-state index < -0.39 is 36.0 Å². The van der Waals surface area contributed by atoms with Crippen LogP contribution in [0.15, 0.2) is 22.8 Å². The van der Waals surface area contributed by atoms with Gasteiger partial charge in [0, 0.05) is 13.0 Å². The van der Waals surface area contributed by atoms with Crippen molar-refractivity contribution in [2.24, 2.45) is 0 Å². The third kappa shape index (κ3) is 3.22. The van der Waals surface area contributed by atoms with E-state index in [1.165, 1.54) is 19.3 Å². The molecule has 1 aliphatic heterocycles. The molecule has 0 spiro atoms. The summed E-state index contributed by atoms with van der Waals surface area (Å²) in [6.07, 6.45) is 0.446. The fourth-order valence-electron chi connectivity index (χ4n) is 2.28. The summed E-state index contributed by atoms with van der Waals surface area (Å²) in [5, 5.41) is 21.0. The van der Waals surface area contributed by atoms with Gasteiger partial charge in [0.25, 0.3) is 5.91 Å². The number of carbonyl (C=O) groups excluding carboxylic acids is 2. The first kappa shape index (κ1) is 15.0. The van der Waals surface area contributed by atoms with Crippen LogP contribution in [0.25, 0.3) is 0 Å². The molecule has 2 heterocycles. The summed E-state index contributed by atoms with van der Waals surface area (Å²) in [5.41, 5.74) is 0. The number of nitrogens with one attached hydrogen (secondary N) is 1. The Labute approximate surface area is 120 Å². The Balaban J connectivity index is 2.02. The van der Waals surface area contributed by atoms with Crippen molar-refractivity contribution in [3.63, 3.8) is 0 Å². The summed E-state index contributed by atoms with van der Waals surface area (Å²) in [7, 11) is 0. The van der Waals surface area contributed by atoms with Crippen LogP contribution in [0.4, 0.5) is 0 Å². The van der Waals surface area contributed by atoms with Crippen LogP contribution in [0.2, 0.25) is 0 Å². The number of nitrogens with zero attached hydrogens (tertiary/aromatic N) is 1. The first-order chi connectivity index (χ1) is 9.90. The van der Waals surface area contributed by atoms with E-state index in [1.54, 1.807) is 6.07 Å². The van der Waals surface area contributed by atoms with Crippen LogP contribution >= 0.6 is 0 Å². The van der Waals surface area contributed by atoms with Crippen LogP contribution in [-0.4, -0.2) is 57.6 Å². The van der Waals surface area contributed by atoms with Crippen molar-refractivity contribution in [3.8, 4) is 0 Å². The molecule has 1 aromatic heterocycles. The number of furan rings is 1. The number of carbonyl (C=O) groups is 3. The van der Waals surface area contributed by atoms with Gasteiger partial charge in [-0.15, -0.1) is 0 Å². The van der Waals surface area contributed by atoms with E-state index >= 15 is 0 Å². The van der Waals surface area contributed by atoms with Gasteiger partial charge in [-0.3, -0.25) is 9.59 Å². The minimum absolute atomic E-state index is 0.0140. The second-order valence-corrected chi connectivity index (χ2v) is 4.91. The van der Waals surface area contributed by atoms with Crippen LogP contribution in [-0.2, 0) is 9.59 Å². The van der Waals surface area contributed by atoms with Gasteiger partial charge in [-0.25, -0.2) is 4.79 Å². The van der Waals surface area contributed by atoms with Crippen LogP contribution in [0.1, 0.15) is 23.9 Å². The zero-order valence-corrected chi connectivity index (χ0v) is 11.4. The van der Waals surface area contributed by atoms with Gasteiger partial charge in [0.05, 0.1) is 12.4 Å². The molecule has 21 heavy (non-hydrogen) atoms. The van der Waals surface area contributed by atoms with Crippen LogP contribution in [0.5, 0.6) is 0 Å². The maximum Gasteiger partial charge on any atom is 0.326 e. The minimum Gasteiger partial charge on any atom is -0.480 e. The summed E-state index contributed by atoms with van der Waals surface area (Å²) in [6.45, 7) is 1.39. The maximum absolute atomic E-state index is 12.2. The Morgan fingerprint density at radius 1 is 1.48 bits per heavy atom. The van der Waals surface area contributed by atoms with Crippen molar-refractivity contribution >= 4 is 17.8 Å². The van der Waals surface area contributed by atoms with Gasteiger partial charge in [0.2, 0.25) is 5.91 Å². The molecule has 0 bridgehead atoms. The molecule has 0 aliphatic carbocycles. The van der Waals surface area contributed by atoms with Crippen molar-refractivity contribution in [2.75, 3.05) is 6.54 Å². The predicted molar refractivity (Wildman–Crippen MR) is 69.4 cm³/mol. The molecule has 0 saturated carbocycles. The molecule has 1 aromatic rings. The third-order valence-electron chi connectivity index (χ3n) is 3.31. The number of rotatable bonds is 4. The zero-order chi connectivity index (χ0) is 15.6. The Kier molecular flexibility index (Phi) is 4.27. The highest BCUT2D eigenvalue weighted by molar-refractivity contribution is 5.96. The monoisotopic (exact) mass is 296 g/mol. The Morgan fingerprint density at radius 2 is 2.19 bits per heavy atom. The van der Waals surface area contributed by atoms with E-state index in [0.29, 0.717) is 0 Å². The Hall–Kier alpha value is -2.35. The van der Waals surface area contributed by atoms with Gasteiger partial charge in [0.1, 0.15) is 12.1 Å². The topological polar surface area (TPSA) is 120 Å². The van der Waals surface area contributed by atoms with Gasteiger partial charge in [-0.2, -0.15) is 0 Å². The van der Waals surface area contributed by atoms with Gasteiger partial charge >= 0.3 is 5.97 Å². The first-order valence-corrected chi connectivity index (χ1v) is 6.46. The second kappa shape index (κ2) is 5.96. The molecule has 1 saturated heterocycles. The summed E-state index contributed by atoms with van der Waals surface area (Å²) < 4.78 is 4.91. The molecule has 114 valence electrons. The molecule has 8 nitrogen and oxygen atoms in total. The number of aliphatic carboxylic acids is 1. The van der Waals surface area contributed by atoms with Crippen molar-refractivity contribution < 1.29 is 29.0 Å². The fourth-order valence-corrected chi connectivity index (χ4v) is 2.28. The molecule has 3 atom stereocenters. The number of aliphatic hydroxyl groups is 1. The smallest absolute Gasteiger partial charge is 0.326 e. The normalized spacial score (nSPS) is 22.9. The number of β-amino-alcohol motifs (C(OH)–C–C–N with tert-alkyl or cyclic N) is 1. The molecule has 3 N–H and O–H groups in total.